The van der Waals surface area contributed by atoms with E-state index in [2.05, 4.69) is 22.3 Å². The Labute approximate surface area is 163 Å². The van der Waals surface area contributed by atoms with Gasteiger partial charge >= 0.3 is 0 Å². The monoisotopic (exact) mass is 381 g/mol. The molecule has 0 saturated heterocycles. The SMILES string of the molecule is CC.CCCCN(CC)C(=O)CCC(=O)NC(/C=C/OC=O)=C/C=C/NC. The number of amides is 2. The lowest BCUT2D eigenvalue weighted by molar-refractivity contribution is -0.133. The van der Waals surface area contributed by atoms with Crippen LogP contribution in [0.15, 0.2) is 36.4 Å². The minimum absolute atomic E-state index is 0.0217. The normalized spacial score (nSPS) is 10.9. The van der Waals surface area contributed by atoms with Crippen molar-refractivity contribution in [1.29, 1.82) is 0 Å². The van der Waals surface area contributed by atoms with E-state index >= 15 is 0 Å². The van der Waals surface area contributed by atoms with Crippen LogP contribution in [0.4, 0.5) is 0 Å². The summed E-state index contributed by atoms with van der Waals surface area (Å²) in [6, 6.07) is 0. The lowest BCUT2D eigenvalue weighted by atomic mass is 10.2. The second-order valence-electron chi connectivity index (χ2n) is 5.18. The van der Waals surface area contributed by atoms with Crippen molar-refractivity contribution in [2.24, 2.45) is 0 Å². The molecule has 0 atom stereocenters. The molecule has 2 amide bonds. The molecule has 7 heteroatoms. The Balaban J connectivity index is 0. The van der Waals surface area contributed by atoms with Crippen molar-refractivity contribution in [1.82, 2.24) is 15.5 Å². The number of ether oxygens (including phenoxy) is 1. The largest absolute Gasteiger partial charge is 0.437 e. The smallest absolute Gasteiger partial charge is 0.297 e. The fourth-order valence-corrected chi connectivity index (χ4v) is 1.94. The summed E-state index contributed by atoms with van der Waals surface area (Å²) < 4.78 is 4.48. The van der Waals surface area contributed by atoms with Crippen LogP contribution in [0, 0.1) is 0 Å². The molecule has 0 unspecified atom stereocenters. The highest BCUT2D eigenvalue weighted by molar-refractivity contribution is 5.84. The molecule has 0 rings (SSSR count). The highest BCUT2D eigenvalue weighted by Crippen LogP contribution is 2.02. The van der Waals surface area contributed by atoms with Crippen LogP contribution in [0.5, 0.6) is 0 Å². The van der Waals surface area contributed by atoms with Crippen LogP contribution in [0.2, 0.25) is 0 Å². The molecule has 0 aliphatic carbocycles. The molecule has 0 aromatic carbocycles. The summed E-state index contributed by atoms with van der Waals surface area (Å²) in [5.41, 5.74) is 0.448. The maximum Gasteiger partial charge on any atom is 0.297 e. The van der Waals surface area contributed by atoms with Gasteiger partial charge < -0.3 is 20.3 Å². The van der Waals surface area contributed by atoms with E-state index in [0.29, 0.717) is 12.2 Å². The van der Waals surface area contributed by atoms with Gasteiger partial charge in [-0.25, -0.2) is 0 Å². The standard InChI is InChI=1S/C18H29N3O4.C2H6/c1-4-6-13-21(5-2)18(24)10-9-17(23)20-16(8-7-12-19-3)11-14-25-15-22;1-2/h7-8,11-12,14-15,19H,4-6,9-10,13H2,1-3H3,(H,20,23);1-2H3/b12-7+,14-11+,16-8+;. The van der Waals surface area contributed by atoms with E-state index in [0.717, 1.165) is 19.4 Å². The fourth-order valence-electron chi connectivity index (χ4n) is 1.94. The van der Waals surface area contributed by atoms with Crippen LogP contribution in [0.1, 0.15) is 53.4 Å². The third-order valence-electron chi connectivity index (χ3n) is 3.29. The second-order valence-corrected chi connectivity index (χ2v) is 5.18. The first kappa shape index (κ1) is 26.7. The minimum Gasteiger partial charge on any atom is -0.437 e. The Hall–Kier alpha value is -2.57. The van der Waals surface area contributed by atoms with E-state index in [4.69, 9.17) is 0 Å². The lowest BCUT2D eigenvalue weighted by Gasteiger charge is -2.20. The maximum atomic E-state index is 12.1. The molecule has 27 heavy (non-hydrogen) atoms. The summed E-state index contributed by atoms with van der Waals surface area (Å²) in [6.07, 6.45) is 9.86. The molecule has 0 radical (unpaired) electrons. The van der Waals surface area contributed by atoms with Crippen LogP contribution in [-0.4, -0.2) is 43.3 Å². The Morgan fingerprint density at radius 3 is 2.41 bits per heavy atom. The van der Waals surface area contributed by atoms with Gasteiger partial charge in [0.1, 0.15) is 0 Å². The van der Waals surface area contributed by atoms with Crippen LogP contribution in [-0.2, 0) is 19.1 Å². The first-order valence-corrected chi connectivity index (χ1v) is 9.46. The maximum absolute atomic E-state index is 12.1. The van der Waals surface area contributed by atoms with E-state index in [1.165, 1.54) is 12.3 Å². The molecule has 7 nitrogen and oxygen atoms in total. The molecule has 0 saturated carbocycles. The van der Waals surface area contributed by atoms with Gasteiger partial charge in [0.05, 0.1) is 6.26 Å². The lowest BCUT2D eigenvalue weighted by Crippen LogP contribution is -2.33. The highest BCUT2D eigenvalue weighted by atomic mass is 16.5. The van der Waals surface area contributed by atoms with Crippen LogP contribution < -0.4 is 10.6 Å². The van der Waals surface area contributed by atoms with Crippen molar-refractivity contribution in [3.05, 3.63) is 36.4 Å². The Morgan fingerprint density at radius 1 is 1.15 bits per heavy atom. The molecule has 0 bridgehead atoms. The molecule has 0 heterocycles. The van der Waals surface area contributed by atoms with Crippen molar-refractivity contribution in [2.75, 3.05) is 20.1 Å². The van der Waals surface area contributed by atoms with Gasteiger partial charge in [-0.3, -0.25) is 14.4 Å². The number of carbonyl (C=O) groups is 3. The summed E-state index contributed by atoms with van der Waals surface area (Å²) in [6.45, 7) is 9.66. The number of nitrogens with zero attached hydrogens (tertiary/aromatic N) is 1. The van der Waals surface area contributed by atoms with Gasteiger partial charge in [-0.05, 0) is 37.8 Å². The van der Waals surface area contributed by atoms with Gasteiger partial charge in [0, 0.05) is 38.7 Å². The predicted octanol–water partition coefficient (Wildman–Crippen LogP) is 2.86. The van der Waals surface area contributed by atoms with Crippen molar-refractivity contribution in [3.8, 4) is 0 Å². The molecule has 2 N–H and O–H groups in total. The third-order valence-corrected chi connectivity index (χ3v) is 3.29. The summed E-state index contributed by atoms with van der Waals surface area (Å²) in [7, 11) is 1.75. The van der Waals surface area contributed by atoms with E-state index in [-0.39, 0.29) is 31.1 Å². The fraction of sp³-hybridized carbons (Fsp3) is 0.550. The van der Waals surface area contributed by atoms with E-state index in [1.807, 2.05) is 20.8 Å². The topological polar surface area (TPSA) is 87.7 Å². The van der Waals surface area contributed by atoms with Gasteiger partial charge in [-0.1, -0.05) is 27.2 Å². The average molecular weight is 382 g/mol. The van der Waals surface area contributed by atoms with Crippen LogP contribution in [0.25, 0.3) is 0 Å². The molecule has 0 aromatic rings. The number of allylic oxidation sites excluding steroid dienone is 3. The van der Waals surface area contributed by atoms with Gasteiger partial charge in [0.25, 0.3) is 6.47 Å². The molecule has 0 fully saturated rings. The van der Waals surface area contributed by atoms with Gasteiger partial charge in [-0.2, -0.15) is 0 Å². The summed E-state index contributed by atoms with van der Waals surface area (Å²) in [5, 5.41) is 5.50. The second kappa shape index (κ2) is 19.8. The number of carbonyl (C=O) groups excluding carboxylic acids is 3. The Morgan fingerprint density at radius 2 is 1.85 bits per heavy atom. The molecule has 0 aliphatic rings. The van der Waals surface area contributed by atoms with Gasteiger partial charge in [0.15, 0.2) is 0 Å². The average Bonchev–Trinajstić information content (AvgIpc) is 2.68. The zero-order valence-electron chi connectivity index (χ0n) is 17.3. The minimum atomic E-state index is -0.278. The predicted molar refractivity (Wildman–Crippen MR) is 108 cm³/mol. The molecule has 0 spiro atoms. The van der Waals surface area contributed by atoms with E-state index < -0.39 is 0 Å². The molecular formula is C20H35N3O4. The third kappa shape index (κ3) is 15.4. The summed E-state index contributed by atoms with van der Waals surface area (Å²) >= 11 is 0. The Kier molecular flexibility index (Phi) is 19.5. The van der Waals surface area contributed by atoms with Gasteiger partial charge in [-0.15, -0.1) is 0 Å². The zero-order chi connectivity index (χ0) is 20.9. The quantitative estimate of drug-likeness (QED) is 0.291. The van der Waals surface area contributed by atoms with E-state index in [1.54, 1.807) is 30.3 Å². The number of rotatable bonds is 13. The van der Waals surface area contributed by atoms with E-state index in [9.17, 15) is 14.4 Å². The first-order chi connectivity index (χ1) is 13.1. The van der Waals surface area contributed by atoms with Crippen molar-refractivity contribution >= 4 is 18.3 Å². The number of nitrogens with one attached hydrogen (secondary N) is 2. The summed E-state index contributed by atoms with van der Waals surface area (Å²) in [4.78, 5) is 36.1. The molecular weight excluding hydrogens is 346 g/mol. The molecule has 0 aliphatic heterocycles. The van der Waals surface area contributed by atoms with Gasteiger partial charge in [0.2, 0.25) is 11.8 Å². The molecule has 154 valence electrons. The van der Waals surface area contributed by atoms with Crippen molar-refractivity contribution < 1.29 is 19.1 Å². The summed E-state index contributed by atoms with van der Waals surface area (Å²) in [5.74, 6) is -0.300. The highest BCUT2D eigenvalue weighted by Gasteiger charge is 2.13. The first-order valence-electron chi connectivity index (χ1n) is 9.46. The zero-order valence-corrected chi connectivity index (χ0v) is 17.3. The Bertz CT molecular complexity index is 499. The number of hydrogen-bond donors (Lipinski definition) is 2. The number of hydrogen-bond acceptors (Lipinski definition) is 5. The van der Waals surface area contributed by atoms with Crippen LogP contribution >= 0.6 is 0 Å². The van der Waals surface area contributed by atoms with Crippen molar-refractivity contribution in [3.63, 3.8) is 0 Å². The number of unbranched alkanes of at least 4 members (excludes halogenated alkanes) is 1. The van der Waals surface area contributed by atoms with Crippen LogP contribution in [0.3, 0.4) is 0 Å². The molecule has 0 aromatic heterocycles. The van der Waals surface area contributed by atoms with Crippen molar-refractivity contribution in [2.45, 2.75) is 53.4 Å².